The topological polar surface area (TPSA) is 17.1 Å². The predicted molar refractivity (Wildman–Crippen MR) is 42.0 cm³/mol. The highest BCUT2D eigenvalue weighted by Crippen LogP contribution is 2.60. The molecule has 1 fully saturated rings. The van der Waals surface area contributed by atoms with Gasteiger partial charge in [-0.15, -0.1) is 0 Å². The molecule has 1 aliphatic heterocycles. The second-order valence-corrected chi connectivity index (χ2v) is 7.23. The van der Waals surface area contributed by atoms with E-state index in [0.29, 0.717) is 0 Å². The standard InChI is InChI=1S/C7H13F2OP/c1-6(2)11(10)4-3-7(8,9)5-11/h6H,3-5H2,1-2H3. The van der Waals surface area contributed by atoms with E-state index in [4.69, 9.17) is 0 Å². The zero-order chi connectivity index (χ0) is 8.70. The van der Waals surface area contributed by atoms with Gasteiger partial charge < -0.3 is 4.57 Å². The molecule has 0 spiro atoms. The zero-order valence-electron chi connectivity index (χ0n) is 6.81. The number of alkyl halides is 2. The largest absolute Gasteiger partial charge is 0.323 e. The van der Waals surface area contributed by atoms with Crippen molar-refractivity contribution in [1.82, 2.24) is 0 Å². The Hall–Kier alpha value is 0.0900. The van der Waals surface area contributed by atoms with Gasteiger partial charge in [0.25, 0.3) is 5.92 Å². The SMILES string of the molecule is CC(C)P1(=O)CCC(F)(F)C1. The van der Waals surface area contributed by atoms with Crippen LogP contribution in [0.25, 0.3) is 0 Å². The van der Waals surface area contributed by atoms with E-state index in [2.05, 4.69) is 0 Å². The van der Waals surface area contributed by atoms with Crippen molar-refractivity contribution in [3.63, 3.8) is 0 Å². The minimum Gasteiger partial charge on any atom is -0.323 e. The summed E-state index contributed by atoms with van der Waals surface area (Å²) in [5, 5.41) is 0. The van der Waals surface area contributed by atoms with Crippen LogP contribution in [0.15, 0.2) is 0 Å². The van der Waals surface area contributed by atoms with Gasteiger partial charge in [-0.1, -0.05) is 13.8 Å². The molecular weight excluding hydrogens is 169 g/mol. The van der Waals surface area contributed by atoms with E-state index in [0.717, 1.165) is 0 Å². The molecule has 0 aromatic rings. The minimum absolute atomic E-state index is 0.0733. The Balaban J connectivity index is 2.74. The lowest BCUT2D eigenvalue weighted by molar-refractivity contribution is 0.0302. The Bertz CT molecular complexity index is 201. The molecule has 0 saturated carbocycles. The lowest BCUT2D eigenvalue weighted by atomic mass is 10.3. The van der Waals surface area contributed by atoms with Gasteiger partial charge in [-0.3, -0.25) is 0 Å². The lowest BCUT2D eigenvalue weighted by Crippen LogP contribution is -2.14. The highest BCUT2D eigenvalue weighted by Gasteiger charge is 2.47. The third kappa shape index (κ3) is 1.81. The van der Waals surface area contributed by atoms with Crippen molar-refractivity contribution < 1.29 is 13.3 Å². The predicted octanol–water partition coefficient (Wildman–Crippen LogP) is 2.80. The fourth-order valence-electron chi connectivity index (χ4n) is 1.34. The number of hydrogen-bond acceptors (Lipinski definition) is 1. The summed E-state index contributed by atoms with van der Waals surface area (Å²) >= 11 is 0. The van der Waals surface area contributed by atoms with Gasteiger partial charge in [-0.2, -0.15) is 0 Å². The number of hydrogen-bond donors (Lipinski definition) is 0. The smallest absolute Gasteiger partial charge is 0.255 e. The normalized spacial score (nSPS) is 36.5. The van der Waals surface area contributed by atoms with Gasteiger partial charge in [0.05, 0.1) is 13.3 Å². The summed E-state index contributed by atoms with van der Waals surface area (Å²) in [6.45, 7) is 3.53. The summed E-state index contributed by atoms with van der Waals surface area (Å²) in [6, 6.07) is 0. The van der Waals surface area contributed by atoms with Crippen molar-refractivity contribution in [2.24, 2.45) is 0 Å². The van der Waals surface area contributed by atoms with Gasteiger partial charge in [-0.05, 0) is 0 Å². The third-order valence-electron chi connectivity index (χ3n) is 2.30. The third-order valence-corrected chi connectivity index (χ3v) is 6.16. The molecule has 1 rings (SSSR count). The fraction of sp³-hybridized carbons (Fsp3) is 1.00. The molecule has 1 nitrogen and oxygen atoms in total. The van der Waals surface area contributed by atoms with Crippen LogP contribution < -0.4 is 0 Å². The van der Waals surface area contributed by atoms with E-state index in [1.165, 1.54) is 0 Å². The van der Waals surface area contributed by atoms with Crippen LogP contribution in [-0.2, 0) is 4.57 Å². The molecule has 11 heavy (non-hydrogen) atoms. The maximum absolute atomic E-state index is 12.6. The first kappa shape index (κ1) is 9.18. The monoisotopic (exact) mass is 182 g/mol. The van der Waals surface area contributed by atoms with Crippen molar-refractivity contribution in [1.29, 1.82) is 0 Å². The van der Waals surface area contributed by atoms with Gasteiger partial charge in [-0.25, -0.2) is 8.78 Å². The zero-order valence-corrected chi connectivity index (χ0v) is 7.70. The van der Waals surface area contributed by atoms with Crippen LogP contribution >= 0.6 is 7.14 Å². The van der Waals surface area contributed by atoms with Crippen LogP contribution in [0.5, 0.6) is 0 Å². The minimum atomic E-state index is -2.65. The molecular formula is C7H13F2OP. The van der Waals surface area contributed by atoms with Crippen LogP contribution in [-0.4, -0.2) is 23.9 Å². The maximum atomic E-state index is 12.6. The van der Waals surface area contributed by atoms with Crippen LogP contribution in [0.3, 0.4) is 0 Å². The van der Waals surface area contributed by atoms with E-state index in [-0.39, 0.29) is 24.4 Å². The second kappa shape index (κ2) is 2.55. The lowest BCUT2D eigenvalue weighted by Gasteiger charge is -2.15. The Labute approximate surface area is 65.5 Å². The molecule has 1 heterocycles. The van der Waals surface area contributed by atoms with Crippen LogP contribution in [0.1, 0.15) is 20.3 Å². The van der Waals surface area contributed by atoms with Crippen LogP contribution in [0.4, 0.5) is 8.78 Å². The molecule has 0 aromatic heterocycles. The van der Waals surface area contributed by atoms with Crippen molar-refractivity contribution in [2.75, 3.05) is 12.3 Å². The van der Waals surface area contributed by atoms with Gasteiger partial charge in [0.1, 0.15) is 0 Å². The molecule has 1 saturated heterocycles. The van der Waals surface area contributed by atoms with E-state index in [1.54, 1.807) is 13.8 Å². The Morgan fingerprint density at radius 2 is 2.00 bits per heavy atom. The van der Waals surface area contributed by atoms with Gasteiger partial charge >= 0.3 is 0 Å². The first-order valence-electron chi connectivity index (χ1n) is 3.81. The molecule has 0 N–H and O–H groups in total. The van der Waals surface area contributed by atoms with Crippen LogP contribution in [0.2, 0.25) is 0 Å². The average Bonchev–Trinajstić information content (AvgIpc) is 2.08. The van der Waals surface area contributed by atoms with Gasteiger partial charge in [0, 0.05) is 18.2 Å². The maximum Gasteiger partial charge on any atom is 0.255 e. The van der Waals surface area contributed by atoms with E-state index >= 15 is 0 Å². The Morgan fingerprint density at radius 1 is 1.45 bits per heavy atom. The summed E-state index contributed by atoms with van der Waals surface area (Å²) in [4.78, 5) is 0. The van der Waals surface area contributed by atoms with Crippen molar-refractivity contribution in [2.45, 2.75) is 31.8 Å². The van der Waals surface area contributed by atoms with Crippen molar-refractivity contribution in [3.8, 4) is 0 Å². The van der Waals surface area contributed by atoms with Crippen molar-refractivity contribution in [3.05, 3.63) is 0 Å². The number of halogens is 2. The molecule has 0 aromatic carbocycles. The van der Waals surface area contributed by atoms with E-state index < -0.39 is 13.1 Å². The summed E-state index contributed by atoms with van der Waals surface area (Å²) in [7, 11) is -2.51. The van der Waals surface area contributed by atoms with Gasteiger partial charge in [0.2, 0.25) is 0 Å². The van der Waals surface area contributed by atoms with Crippen molar-refractivity contribution >= 4 is 7.14 Å². The first-order valence-corrected chi connectivity index (χ1v) is 5.96. The summed E-state index contributed by atoms with van der Waals surface area (Å²) < 4.78 is 36.9. The van der Waals surface area contributed by atoms with E-state index in [9.17, 15) is 13.3 Å². The molecule has 4 heteroatoms. The highest BCUT2D eigenvalue weighted by molar-refractivity contribution is 7.65. The quantitative estimate of drug-likeness (QED) is 0.570. The summed E-state index contributed by atoms with van der Waals surface area (Å²) in [5.74, 6) is -2.65. The summed E-state index contributed by atoms with van der Waals surface area (Å²) in [5.41, 5.74) is -0.0733. The molecule has 0 aliphatic carbocycles. The van der Waals surface area contributed by atoms with E-state index in [1.807, 2.05) is 0 Å². The van der Waals surface area contributed by atoms with Gasteiger partial charge in [0.15, 0.2) is 0 Å². The highest BCUT2D eigenvalue weighted by atomic mass is 31.2. The molecule has 0 bridgehead atoms. The molecule has 1 atom stereocenters. The average molecular weight is 182 g/mol. The van der Waals surface area contributed by atoms with Crippen LogP contribution in [0, 0.1) is 0 Å². The molecule has 0 amide bonds. The Kier molecular flexibility index (Phi) is 2.13. The second-order valence-electron chi connectivity index (χ2n) is 3.53. The Morgan fingerprint density at radius 3 is 2.18 bits per heavy atom. The molecule has 0 radical (unpaired) electrons. The fourth-order valence-corrected chi connectivity index (χ4v) is 4.03. The first-order chi connectivity index (χ1) is 4.86. The summed E-state index contributed by atoms with van der Waals surface area (Å²) in [6.07, 6.45) is -0.308. The molecule has 1 unspecified atom stereocenters. The molecule has 1 aliphatic rings. The molecule has 66 valence electrons. The number of rotatable bonds is 1.